The molecule has 4 nitrogen and oxygen atoms in total. The number of esters is 1. The summed E-state index contributed by atoms with van der Waals surface area (Å²) in [6.45, 7) is 0. The highest BCUT2D eigenvalue weighted by atomic mass is 35.5. The minimum atomic E-state index is -4.49. The Bertz CT molecular complexity index is 747. The number of nitrogens with zero attached hydrogens (tertiary/aromatic N) is 1. The van der Waals surface area contributed by atoms with Crippen molar-refractivity contribution in [2.24, 2.45) is 0 Å². The van der Waals surface area contributed by atoms with Crippen LogP contribution >= 0.6 is 11.6 Å². The second kappa shape index (κ2) is 6.45. The quantitative estimate of drug-likeness (QED) is 0.782. The summed E-state index contributed by atoms with van der Waals surface area (Å²) in [5.74, 6) is -0.770. The molecule has 23 heavy (non-hydrogen) atoms. The van der Waals surface area contributed by atoms with Crippen LogP contribution in [0.2, 0.25) is 5.02 Å². The van der Waals surface area contributed by atoms with E-state index in [1.807, 2.05) is 0 Å². The largest absolute Gasteiger partial charge is 0.496 e. The molecule has 0 atom stereocenters. The third-order valence-electron chi connectivity index (χ3n) is 3.03. The summed E-state index contributed by atoms with van der Waals surface area (Å²) >= 11 is 5.87. The molecule has 0 aliphatic rings. The summed E-state index contributed by atoms with van der Waals surface area (Å²) in [6, 6.07) is 5.88. The van der Waals surface area contributed by atoms with Crippen LogP contribution in [0.5, 0.6) is 5.75 Å². The normalized spacial score (nSPS) is 11.2. The predicted molar refractivity (Wildman–Crippen MR) is 77.6 cm³/mol. The van der Waals surface area contributed by atoms with Crippen LogP contribution in [0.15, 0.2) is 30.3 Å². The lowest BCUT2D eigenvalue weighted by Crippen LogP contribution is -2.07. The van der Waals surface area contributed by atoms with Gasteiger partial charge in [0.2, 0.25) is 0 Å². The fourth-order valence-electron chi connectivity index (χ4n) is 1.91. The molecule has 0 amide bonds. The van der Waals surface area contributed by atoms with Gasteiger partial charge in [-0.1, -0.05) is 11.6 Å². The number of benzene rings is 1. The van der Waals surface area contributed by atoms with Crippen LogP contribution < -0.4 is 4.74 Å². The molecule has 0 aliphatic carbocycles. The summed E-state index contributed by atoms with van der Waals surface area (Å²) in [5.41, 5.74) is -0.448. The zero-order valence-electron chi connectivity index (χ0n) is 12.1. The number of hydrogen-bond donors (Lipinski definition) is 0. The Kier molecular flexibility index (Phi) is 4.79. The van der Waals surface area contributed by atoms with Crippen LogP contribution in [-0.2, 0) is 10.9 Å². The first-order valence-electron chi connectivity index (χ1n) is 6.28. The molecule has 0 radical (unpaired) electrons. The first kappa shape index (κ1) is 17.1. The third-order valence-corrected chi connectivity index (χ3v) is 3.33. The molecule has 0 unspecified atom stereocenters. The van der Waals surface area contributed by atoms with Gasteiger partial charge in [-0.05, 0) is 30.3 Å². The first-order valence-corrected chi connectivity index (χ1v) is 6.66. The summed E-state index contributed by atoms with van der Waals surface area (Å²) in [4.78, 5) is 15.7. The number of carbonyl (C=O) groups is 1. The van der Waals surface area contributed by atoms with E-state index in [0.29, 0.717) is 5.56 Å². The molecule has 0 spiro atoms. The first-order chi connectivity index (χ1) is 10.8. The highest BCUT2D eigenvalue weighted by Crippen LogP contribution is 2.36. The van der Waals surface area contributed by atoms with Crippen LogP contribution in [0, 0.1) is 0 Å². The number of rotatable bonds is 3. The molecule has 8 heteroatoms. The van der Waals surface area contributed by atoms with Gasteiger partial charge < -0.3 is 9.47 Å². The standard InChI is InChI=1S/C15H11ClF3NO3/c1-22-12-7-8(15(17,18)19)3-4-9(12)11-6-5-10(16)13(20-11)14(21)23-2/h3-7H,1-2H3. The number of aromatic nitrogens is 1. The van der Waals surface area contributed by atoms with Crippen molar-refractivity contribution in [3.05, 3.63) is 46.6 Å². The molecule has 0 saturated heterocycles. The van der Waals surface area contributed by atoms with E-state index in [2.05, 4.69) is 9.72 Å². The number of carbonyl (C=O) groups excluding carboxylic acids is 1. The van der Waals surface area contributed by atoms with Crippen molar-refractivity contribution in [1.82, 2.24) is 4.98 Å². The topological polar surface area (TPSA) is 48.4 Å². The van der Waals surface area contributed by atoms with Crippen LogP contribution in [0.4, 0.5) is 13.2 Å². The van der Waals surface area contributed by atoms with Crippen molar-refractivity contribution in [1.29, 1.82) is 0 Å². The second-order valence-corrected chi connectivity index (χ2v) is 4.84. The second-order valence-electron chi connectivity index (χ2n) is 4.43. The van der Waals surface area contributed by atoms with Crippen LogP contribution in [-0.4, -0.2) is 25.2 Å². The average Bonchev–Trinajstić information content (AvgIpc) is 2.53. The zero-order valence-corrected chi connectivity index (χ0v) is 12.8. The Hall–Kier alpha value is -2.28. The lowest BCUT2D eigenvalue weighted by Gasteiger charge is -2.13. The summed E-state index contributed by atoms with van der Waals surface area (Å²) in [6.07, 6.45) is -4.49. The van der Waals surface area contributed by atoms with Gasteiger partial charge in [-0.25, -0.2) is 9.78 Å². The van der Waals surface area contributed by atoms with E-state index < -0.39 is 17.7 Å². The van der Waals surface area contributed by atoms with E-state index in [1.54, 1.807) is 0 Å². The molecule has 0 N–H and O–H groups in total. The summed E-state index contributed by atoms with van der Waals surface area (Å²) in [5, 5.41) is 0.0754. The van der Waals surface area contributed by atoms with Gasteiger partial charge >= 0.3 is 12.1 Å². The monoisotopic (exact) mass is 345 g/mol. The predicted octanol–water partition coefficient (Wildman–Crippen LogP) is 4.22. The van der Waals surface area contributed by atoms with Crippen LogP contribution in [0.1, 0.15) is 16.1 Å². The molecule has 0 bridgehead atoms. The van der Waals surface area contributed by atoms with Gasteiger partial charge in [-0.15, -0.1) is 0 Å². The van der Waals surface area contributed by atoms with Gasteiger partial charge in [0.05, 0.1) is 30.5 Å². The van der Waals surface area contributed by atoms with Gasteiger partial charge in [0.15, 0.2) is 5.69 Å². The SMILES string of the molecule is COC(=O)c1nc(-c2ccc(C(F)(F)F)cc2OC)ccc1Cl. The average molecular weight is 346 g/mol. The number of methoxy groups -OCH3 is 2. The fourth-order valence-corrected chi connectivity index (χ4v) is 2.09. The maximum atomic E-state index is 12.8. The molecule has 2 rings (SSSR count). The molecule has 1 aromatic heterocycles. The molecule has 1 heterocycles. The lowest BCUT2D eigenvalue weighted by molar-refractivity contribution is -0.137. The highest BCUT2D eigenvalue weighted by Gasteiger charge is 2.31. The number of pyridine rings is 1. The van der Waals surface area contributed by atoms with Gasteiger partial charge in [0.25, 0.3) is 0 Å². The van der Waals surface area contributed by atoms with Crippen molar-refractivity contribution in [3.63, 3.8) is 0 Å². The van der Waals surface area contributed by atoms with Crippen LogP contribution in [0.25, 0.3) is 11.3 Å². The molecular weight excluding hydrogens is 335 g/mol. The molecule has 122 valence electrons. The minimum Gasteiger partial charge on any atom is -0.496 e. The van der Waals surface area contributed by atoms with Crippen molar-refractivity contribution in [2.75, 3.05) is 14.2 Å². The Labute approximate surface area is 134 Å². The zero-order chi connectivity index (χ0) is 17.2. The smallest absolute Gasteiger partial charge is 0.416 e. The number of halogens is 4. The number of ether oxygens (including phenoxy) is 2. The minimum absolute atomic E-state index is 0.0227. The van der Waals surface area contributed by atoms with E-state index >= 15 is 0 Å². The van der Waals surface area contributed by atoms with Crippen molar-refractivity contribution in [2.45, 2.75) is 6.18 Å². The molecule has 0 saturated carbocycles. The van der Waals surface area contributed by atoms with E-state index in [1.165, 1.54) is 32.4 Å². The van der Waals surface area contributed by atoms with Crippen molar-refractivity contribution in [3.8, 4) is 17.0 Å². The molecule has 1 aromatic carbocycles. The molecule has 0 fully saturated rings. The number of alkyl halides is 3. The Morgan fingerprint density at radius 3 is 2.43 bits per heavy atom. The van der Waals surface area contributed by atoms with Gasteiger partial charge in [-0.2, -0.15) is 13.2 Å². The summed E-state index contributed by atoms with van der Waals surface area (Å²) in [7, 11) is 2.42. The van der Waals surface area contributed by atoms with E-state index in [0.717, 1.165) is 12.1 Å². The van der Waals surface area contributed by atoms with Gasteiger partial charge in [-0.3, -0.25) is 0 Å². The van der Waals surface area contributed by atoms with E-state index in [-0.39, 0.29) is 22.2 Å². The van der Waals surface area contributed by atoms with Crippen molar-refractivity contribution >= 4 is 17.6 Å². The lowest BCUT2D eigenvalue weighted by atomic mass is 10.1. The molecular formula is C15H11ClF3NO3. The van der Waals surface area contributed by atoms with Crippen molar-refractivity contribution < 1.29 is 27.4 Å². The fraction of sp³-hybridized carbons (Fsp3) is 0.200. The van der Waals surface area contributed by atoms with Gasteiger partial charge in [0.1, 0.15) is 5.75 Å². The maximum absolute atomic E-state index is 12.8. The van der Waals surface area contributed by atoms with E-state index in [9.17, 15) is 18.0 Å². The molecule has 0 aliphatic heterocycles. The maximum Gasteiger partial charge on any atom is 0.416 e. The summed E-state index contributed by atoms with van der Waals surface area (Å²) < 4.78 is 47.8. The highest BCUT2D eigenvalue weighted by molar-refractivity contribution is 6.33. The van der Waals surface area contributed by atoms with Gasteiger partial charge in [0, 0.05) is 5.56 Å². The Morgan fingerprint density at radius 1 is 1.17 bits per heavy atom. The third kappa shape index (κ3) is 3.56. The molecule has 2 aromatic rings. The van der Waals surface area contributed by atoms with E-state index in [4.69, 9.17) is 16.3 Å². The van der Waals surface area contributed by atoms with Crippen LogP contribution in [0.3, 0.4) is 0 Å². The number of hydrogen-bond acceptors (Lipinski definition) is 4. The Morgan fingerprint density at radius 2 is 1.87 bits per heavy atom. The Balaban J connectivity index is 2.56.